The van der Waals surface area contributed by atoms with Crippen LogP contribution in [0, 0.1) is 5.41 Å². The van der Waals surface area contributed by atoms with Gasteiger partial charge in [-0.1, -0.05) is 36.2 Å². The fourth-order valence-corrected chi connectivity index (χ4v) is 4.14. The first-order valence-corrected chi connectivity index (χ1v) is 7.84. The van der Waals surface area contributed by atoms with Gasteiger partial charge in [-0.2, -0.15) is 0 Å². The Morgan fingerprint density at radius 1 is 1.29 bits per heavy atom. The molecule has 2 atom stereocenters. The van der Waals surface area contributed by atoms with E-state index < -0.39 is 0 Å². The van der Waals surface area contributed by atoms with Crippen molar-refractivity contribution in [3.8, 4) is 0 Å². The molecule has 1 aromatic carbocycles. The van der Waals surface area contributed by atoms with E-state index in [-0.39, 0.29) is 5.41 Å². The zero-order valence-electron chi connectivity index (χ0n) is 10.4. The quantitative estimate of drug-likeness (QED) is 0.873. The minimum Gasteiger partial charge on any atom is -0.326 e. The predicted octanol–water partition coefficient (Wildman–Crippen LogP) is 4.45. The fraction of sp³-hybridized carbons (Fsp3) is 0.571. The van der Waals surface area contributed by atoms with E-state index in [1.165, 1.54) is 24.2 Å². The highest BCUT2D eigenvalue weighted by Crippen LogP contribution is 2.41. The first-order chi connectivity index (χ1) is 7.99. The lowest BCUT2D eigenvalue weighted by molar-refractivity contribution is 0.208. The Labute approximate surface area is 117 Å². The van der Waals surface area contributed by atoms with E-state index in [1.54, 1.807) is 0 Å². The SMILES string of the molecule is CC1(C)CCCC(Sc2ccc(Br)cc2)C1N. The van der Waals surface area contributed by atoms with E-state index >= 15 is 0 Å². The van der Waals surface area contributed by atoms with Crippen LogP contribution >= 0.6 is 27.7 Å². The van der Waals surface area contributed by atoms with Crippen LogP contribution in [0.15, 0.2) is 33.6 Å². The lowest BCUT2D eigenvalue weighted by Crippen LogP contribution is -2.48. The third-order valence-corrected chi connectivity index (χ3v) is 5.62. The van der Waals surface area contributed by atoms with Crippen molar-refractivity contribution in [2.45, 2.75) is 49.3 Å². The molecule has 0 heterocycles. The van der Waals surface area contributed by atoms with Crippen LogP contribution in [0.2, 0.25) is 0 Å². The smallest absolute Gasteiger partial charge is 0.0251 e. The summed E-state index contributed by atoms with van der Waals surface area (Å²) < 4.78 is 1.13. The van der Waals surface area contributed by atoms with Gasteiger partial charge >= 0.3 is 0 Å². The van der Waals surface area contributed by atoms with Crippen molar-refractivity contribution in [1.82, 2.24) is 0 Å². The molecule has 1 aliphatic rings. The molecule has 0 saturated heterocycles. The Morgan fingerprint density at radius 3 is 2.59 bits per heavy atom. The van der Waals surface area contributed by atoms with Crippen molar-refractivity contribution in [1.29, 1.82) is 0 Å². The van der Waals surface area contributed by atoms with E-state index in [1.807, 2.05) is 11.8 Å². The fourth-order valence-electron chi connectivity index (χ4n) is 2.43. The van der Waals surface area contributed by atoms with Crippen molar-refractivity contribution in [3.05, 3.63) is 28.7 Å². The number of hydrogen-bond acceptors (Lipinski definition) is 2. The molecule has 1 aliphatic carbocycles. The molecule has 2 unspecified atom stereocenters. The molecular formula is C14H20BrNS. The molecule has 94 valence electrons. The summed E-state index contributed by atoms with van der Waals surface area (Å²) in [7, 11) is 0. The van der Waals surface area contributed by atoms with E-state index in [9.17, 15) is 0 Å². The van der Waals surface area contributed by atoms with Crippen LogP contribution in [0.3, 0.4) is 0 Å². The second-order valence-electron chi connectivity index (χ2n) is 5.52. The van der Waals surface area contributed by atoms with Crippen molar-refractivity contribution in [2.75, 3.05) is 0 Å². The number of thioether (sulfide) groups is 1. The number of benzene rings is 1. The summed E-state index contributed by atoms with van der Waals surface area (Å²) >= 11 is 5.40. The molecule has 1 nitrogen and oxygen atoms in total. The zero-order chi connectivity index (χ0) is 12.5. The Balaban J connectivity index is 2.05. The molecule has 0 aliphatic heterocycles. The molecule has 0 bridgehead atoms. The van der Waals surface area contributed by atoms with Gasteiger partial charge in [-0.15, -0.1) is 11.8 Å². The Morgan fingerprint density at radius 2 is 1.94 bits per heavy atom. The molecule has 0 radical (unpaired) electrons. The average Bonchev–Trinajstić information content (AvgIpc) is 2.28. The highest BCUT2D eigenvalue weighted by Gasteiger charge is 2.36. The standard InChI is InChI=1S/C14H20BrNS/c1-14(2)9-3-4-12(13(14)16)17-11-7-5-10(15)6-8-11/h5-8,12-13H,3-4,9,16H2,1-2H3. The monoisotopic (exact) mass is 313 g/mol. The van der Waals surface area contributed by atoms with Gasteiger partial charge in [0.1, 0.15) is 0 Å². The minimum absolute atomic E-state index is 0.283. The topological polar surface area (TPSA) is 26.0 Å². The Hall–Kier alpha value is 0.01000. The highest BCUT2D eigenvalue weighted by atomic mass is 79.9. The molecule has 2 N–H and O–H groups in total. The Bertz CT molecular complexity index is 374. The molecule has 0 amide bonds. The van der Waals surface area contributed by atoms with Crippen LogP contribution in [0.4, 0.5) is 0 Å². The summed E-state index contributed by atoms with van der Waals surface area (Å²) in [5.41, 5.74) is 6.69. The van der Waals surface area contributed by atoms with E-state index in [0.29, 0.717) is 11.3 Å². The highest BCUT2D eigenvalue weighted by molar-refractivity contribution is 9.10. The molecule has 0 spiro atoms. The van der Waals surface area contributed by atoms with E-state index in [0.717, 1.165) is 4.47 Å². The Kier molecular flexibility index (Phi) is 4.22. The first kappa shape index (κ1) is 13.4. The van der Waals surface area contributed by atoms with Crippen LogP contribution in [0.25, 0.3) is 0 Å². The molecule has 1 aromatic rings. The largest absolute Gasteiger partial charge is 0.326 e. The van der Waals surface area contributed by atoms with Crippen LogP contribution in [0.5, 0.6) is 0 Å². The third-order valence-electron chi connectivity index (χ3n) is 3.71. The molecule has 3 heteroatoms. The maximum absolute atomic E-state index is 6.40. The second kappa shape index (κ2) is 5.33. The van der Waals surface area contributed by atoms with Gasteiger partial charge in [0.15, 0.2) is 0 Å². The zero-order valence-corrected chi connectivity index (χ0v) is 12.9. The van der Waals surface area contributed by atoms with Gasteiger partial charge in [-0.3, -0.25) is 0 Å². The van der Waals surface area contributed by atoms with Crippen LogP contribution in [0.1, 0.15) is 33.1 Å². The minimum atomic E-state index is 0.283. The van der Waals surface area contributed by atoms with Crippen LogP contribution in [-0.4, -0.2) is 11.3 Å². The lowest BCUT2D eigenvalue weighted by atomic mass is 9.73. The first-order valence-electron chi connectivity index (χ1n) is 6.17. The van der Waals surface area contributed by atoms with Gasteiger partial charge in [-0.05, 0) is 42.5 Å². The molecule has 0 aromatic heterocycles. The van der Waals surface area contributed by atoms with Crippen LogP contribution < -0.4 is 5.73 Å². The summed E-state index contributed by atoms with van der Waals surface area (Å²) in [4.78, 5) is 1.33. The summed E-state index contributed by atoms with van der Waals surface area (Å²) in [6.07, 6.45) is 3.80. The lowest BCUT2D eigenvalue weighted by Gasteiger charge is -2.41. The van der Waals surface area contributed by atoms with Gasteiger partial charge in [0.2, 0.25) is 0 Å². The normalized spacial score (nSPS) is 28.0. The van der Waals surface area contributed by atoms with Gasteiger partial charge in [0.25, 0.3) is 0 Å². The summed E-state index contributed by atoms with van der Waals surface area (Å²) in [6, 6.07) is 8.83. The summed E-state index contributed by atoms with van der Waals surface area (Å²) in [5.74, 6) is 0. The van der Waals surface area contributed by atoms with Gasteiger partial charge in [-0.25, -0.2) is 0 Å². The maximum Gasteiger partial charge on any atom is 0.0251 e. The number of nitrogens with two attached hydrogens (primary N) is 1. The average molecular weight is 314 g/mol. The van der Waals surface area contributed by atoms with Crippen molar-refractivity contribution < 1.29 is 0 Å². The molecular weight excluding hydrogens is 294 g/mol. The van der Waals surface area contributed by atoms with Gasteiger partial charge in [0.05, 0.1) is 0 Å². The second-order valence-corrected chi connectivity index (χ2v) is 7.75. The van der Waals surface area contributed by atoms with Gasteiger partial charge < -0.3 is 5.73 Å². The van der Waals surface area contributed by atoms with E-state index in [2.05, 4.69) is 54.0 Å². The number of hydrogen-bond donors (Lipinski definition) is 1. The number of rotatable bonds is 2. The molecule has 1 saturated carbocycles. The van der Waals surface area contributed by atoms with E-state index in [4.69, 9.17) is 5.73 Å². The van der Waals surface area contributed by atoms with Crippen LogP contribution in [-0.2, 0) is 0 Å². The summed E-state index contributed by atoms with van der Waals surface area (Å²) in [5, 5.41) is 0.555. The third kappa shape index (κ3) is 3.27. The van der Waals surface area contributed by atoms with Gasteiger partial charge in [0, 0.05) is 20.7 Å². The molecule has 1 fully saturated rings. The van der Waals surface area contributed by atoms with Crippen molar-refractivity contribution in [2.24, 2.45) is 11.1 Å². The van der Waals surface area contributed by atoms with Crippen molar-refractivity contribution >= 4 is 27.7 Å². The molecule has 17 heavy (non-hydrogen) atoms. The predicted molar refractivity (Wildman–Crippen MR) is 79.4 cm³/mol. The van der Waals surface area contributed by atoms with Crippen molar-refractivity contribution in [3.63, 3.8) is 0 Å². The maximum atomic E-state index is 6.40. The number of halogens is 1. The molecule has 2 rings (SSSR count). The summed E-state index contributed by atoms with van der Waals surface area (Å²) in [6.45, 7) is 4.60.